The number of methoxy groups -OCH3 is 1. The van der Waals surface area contributed by atoms with Crippen molar-refractivity contribution in [3.63, 3.8) is 0 Å². The van der Waals surface area contributed by atoms with Crippen LogP contribution >= 0.6 is 0 Å². The van der Waals surface area contributed by atoms with Gasteiger partial charge in [0.2, 0.25) is 0 Å². The molecular weight excluding hydrogens is 254 g/mol. The van der Waals surface area contributed by atoms with E-state index in [1.807, 2.05) is 19.1 Å². The largest absolute Gasteiger partial charge is 0.492 e. The maximum atomic E-state index is 5.76. The third-order valence-corrected chi connectivity index (χ3v) is 2.65. The Bertz CT molecular complexity index is 426. The quantitative estimate of drug-likeness (QED) is 0.452. The van der Waals surface area contributed by atoms with Gasteiger partial charge in [-0.1, -0.05) is 6.07 Å². The Balaban J connectivity index is 2.33. The first kappa shape index (κ1) is 16.3. The van der Waals surface area contributed by atoms with Crippen LogP contribution in [0.15, 0.2) is 23.2 Å². The normalized spacial score (nSPS) is 13.1. The number of guanidine groups is 1. The number of benzene rings is 1. The molecule has 0 aliphatic rings. The number of hydrogen-bond donors (Lipinski definition) is 2. The van der Waals surface area contributed by atoms with Crippen LogP contribution in [0, 0.1) is 13.8 Å². The monoisotopic (exact) mass is 279 g/mol. The van der Waals surface area contributed by atoms with E-state index in [4.69, 9.17) is 15.2 Å². The van der Waals surface area contributed by atoms with Crippen molar-refractivity contribution >= 4 is 5.96 Å². The van der Waals surface area contributed by atoms with E-state index in [2.05, 4.69) is 30.2 Å². The van der Waals surface area contributed by atoms with Crippen molar-refractivity contribution in [1.29, 1.82) is 0 Å². The molecule has 0 heterocycles. The summed E-state index contributed by atoms with van der Waals surface area (Å²) in [7, 11) is 1.66. The number of nitrogens with two attached hydrogens (primary N) is 1. The number of nitrogens with one attached hydrogen (secondary N) is 1. The van der Waals surface area contributed by atoms with Crippen molar-refractivity contribution in [2.75, 3.05) is 26.9 Å². The van der Waals surface area contributed by atoms with Crippen molar-refractivity contribution in [3.05, 3.63) is 29.3 Å². The van der Waals surface area contributed by atoms with Gasteiger partial charge >= 0.3 is 0 Å². The molecule has 1 aromatic rings. The summed E-state index contributed by atoms with van der Waals surface area (Å²) in [4.78, 5) is 4.21. The average Bonchev–Trinajstić information content (AvgIpc) is 2.33. The number of nitrogens with zero attached hydrogens (tertiary/aromatic N) is 1. The molecule has 0 aliphatic heterocycles. The fourth-order valence-corrected chi connectivity index (χ4v) is 1.94. The third kappa shape index (κ3) is 6.43. The second-order valence-electron chi connectivity index (χ2n) is 4.94. The van der Waals surface area contributed by atoms with Crippen molar-refractivity contribution in [1.82, 2.24) is 5.32 Å². The fourth-order valence-electron chi connectivity index (χ4n) is 1.94. The minimum atomic E-state index is 0.143. The number of aryl methyl sites for hydroxylation is 2. The van der Waals surface area contributed by atoms with E-state index in [9.17, 15) is 0 Å². The fraction of sp³-hybridized carbons (Fsp3) is 0.533. The van der Waals surface area contributed by atoms with E-state index in [1.54, 1.807) is 7.11 Å². The molecule has 3 N–H and O–H groups in total. The number of ether oxygens (including phenoxy) is 2. The summed E-state index contributed by atoms with van der Waals surface area (Å²) in [5.41, 5.74) is 8.15. The highest BCUT2D eigenvalue weighted by Crippen LogP contribution is 2.15. The highest BCUT2D eigenvalue weighted by molar-refractivity contribution is 5.78. The van der Waals surface area contributed by atoms with Crippen molar-refractivity contribution in [2.24, 2.45) is 10.7 Å². The highest BCUT2D eigenvalue weighted by atomic mass is 16.5. The van der Waals surface area contributed by atoms with Crippen LogP contribution in [0.25, 0.3) is 0 Å². The molecule has 20 heavy (non-hydrogen) atoms. The molecule has 0 spiro atoms. The van der Waals surface area contributed by atoms with Crippen LogP contribution in [0.2, 0.25) is 0 Å². The van der Waals surface area contributed by atoms with Gasteiger partial charge in [0.05, 0.1) is 13.2 Å². The van der Waals surface area contributed by atoms with Crippen LogP contribution in [-0.4, -0.2) is 38.9 Å². The lowest BCUT2D eigenvalue weighted by Crippen LogP contribution is -2.40. The zero-order valence-electron chi connectivity index (χ0n) is 12.8. The van der Waals surface area contributed by atoms with Gasteiger partial charge in [0, 0.05) is 13.2 Å². The molecule has 0 bridgehead atoms. The summed E-state index contributed by atoms with van der Waals surface area (Å²) in [6.07, 6.45) is 0. The Morgan fingerprint density at radius 2 is 1.95 bits per heavy atom. The highest BCUT2D eigenvalue weighted by Gasteiger charge is 2.01. The average molecular weight is 279 g/mol. The third-order valence-electron chi connectivity index (χ3n) is 2.65. The lowest BCUT2D eigenvalue weighted by Gasteiger charge is -2.13. The molecule has 0 saturated carbocycles. The van der Waals surface area contributed by atoms with Gasteiger partial charge in [-0.3, -0.25) is 0 Å². The Kier molecular flexibility index (Phi) is 6.87. The maximum absolute atomic E-state index is 5.76. The van der Waals surface area contributed by atoms with Gasteiger partial charge in [-0.15, -0.1) is 0 Å². The zero-order chi connectivity index (χ0) is 15.0. The predicted octanol–water partition coefficient (Wildman–Crippen LogP) is 1.62. The zero-order valence-corrected chi connectivity index (χ0v) is 12.8. The molecule has 112 valence electrons. The lowest BCUT2D eigenvalue weighted by atomic mass is 10.1. The molecule has 0 radical (unpaired) electrons. The van der Waals surface area contributed by atoms with Crippen LogP contribution < -0.4 is 15.8 Å². The van der Waals surface area contributed by atoms with E-state index in [1.165, 1.54) is 11.1 Å². The smallest absolute Gasteiger partial charge is 0.188 e. The second kappa shape index (κ2) is 8.43. The van der Waals surface area contributed by atoms with Crippen molar-refractivity contribution < 1.29 is 9.47 Å². The summed E-state index contributed by atoms with van der Waals surface area (Å²) < 4.78 is 10.7. The second-order valence-corrected chi connectivity index (χ2v) is 4.94. The molecule has 0 aliphatic carbocycles. The summed E-state index contributed by atoms with van der Waals surface area (Å²) in [6.45, 7) is 7.71. The van der Waals surface area contributed by atoms with E-state index in [-0.39, 0.29) is 6.04 Å². The topological polar surface area (TPSA) is 68.9 Å². The minimum Gasteiger partial charge on any atom is -0.492 e. The van der Waals surface area contributed by atoms with Gasteiger partial charge in [0.15, 0.2) is 5.96 Å². The van der Waals surface area contributed by atoms with Gasteiger partial charge in [0.25, 0.3) is 0 Å². The Labute approximate surface area is 121 Å². The van der Waals surface area contributed by atoms with Crippen LogP contribution in [-0.2, 0) is 4.74 Å². The molecule has 1 rings (SSSR count). The molecular formula is C15H25N3O2. The van der Waals surface area contributed by atoms with E-state index < -0.39 is 0 Å². The van der Waals surface area contributed by atoms with Gasteiger partial charge < -0.3 is 20.5 Å². The van der Waals surface area contributed by atoms with Crippen molar-refractivity contribution in [3.8, 4) is 5.75 Å². The Morgan fingerprint density at radius 1 is 1.30 bits per heavy atom. The molecule has 0 saturated heterocycles. The SMILES string of the molecule is COCC(C)NC(N)=NCCOc1cc(C)cc(C)c1. The van der Waals surface area contributed by atoms with E-state index in [0.717, 1.165) is 5.75 Å². The molecule has 1 aromatic carbocycles. The van der Waals surface area contributed by atoms with E-state index in [0.29, 0.717) is 25.7 Å². The van der Waals surface area contributed by atoms with Crippen LogP contribution in [0.3, 0.4) is 0 Å². The standard InChI is InChI=1S/C15H25N3O2/c1-11-7-12(2)9-14(8-11)20-6-5-17-15(16)18-13(3)10-19-4/h7-9,13H,5-6,10H2,1-4H3,(H3,16,17,18). The molecule has 0 amide bonds. The van der Waals surface area contributed by atoms with Gasteiger partial charge in [-0.05, 0) is 44.0 Å². The summed E-state index contributed by atoms with van der Waals surface area (Å²) >= 11 is 0. The van der Waals surface area contributed by atoms with Crippen LogP contribution in [0.5, 0.6) is 5.75 Å². The van der Waals surface area contributed by atoms with Gasteiger partial charge in [0.1, 0.15) is 12.4 Å². The van der Waals surface area contributed by atoms with Crippen LogP contribution in [0.1, 0.15) is 18.1 Å². The lowest BCUT2D eigenvalue weighted by molar-refractivity contribution is 0.179. The Hall–Kier alpha value is -1.75. The van der Waals surface area contributed by atoms with Crippen LogP contribution in [0.4, 0.5) is 0 Å². The van der Waals surface area contributed by atoms with Crippen molar-refractivity contribution in [2.45, 2.75) is 26.8 Å². The molecule has 5 nitrogen and oxygen atoms in total. The first-order valence-corrected chi connectivity index (χ1v) is 6.77. The minimum absolute atomic E-state index is 0.143. The molecule has 1 atom stereocenters. The summed E-state index contributed by atoms with van der Waals surface area (Å²) in [5.74, 6) is 1.29. The first-order valence-electron chi connectivity index (χ1n) is 6.77. The van der Waals surface area contributed by atoms with Gasteiger partial charge in [-0.2, -0.15) is 0 Å². The number of aliphatic imine (C=N–C) groups is 1. The Morgan fingerprint density at radius 3 is 2.55 bits per heavy atom. The summed E-state index contributed by atoms with van der Waals surface area (Å²) in [5, 5.41) is 3.04. The van der Waals surface area contributed by atoms with Gasteiger partial charge in [-0.25, -0.2) is 4.99 Å². The maximum Gasteiger partial charge on any atom is 0.188 e. The molecule has 0 fully saturated rings. The number of hydrogen-bond acceptors (Lipinski definition) is 3. The molecule has 1 unspecified atom stereocenters. The summed E-state index contributed by atoms with van der Waals surface area (Å²) in [6, 6.07) is 6.28. The first-order chi connectivity index (χ1) is 9.51. The molecule has 5 heteroatoms. The number of rotatable bonds is 7. The van der Waals surface area contributed by atoms with E-state index >= 15 is 0 Å². The predicted molar refractivity (Wildman–Crippen MR) is 82.4 cm³/mol. The molecule has 0 aromatic heterocycles.